The Balaban J connectivity index is 1.54. The Bertz CT molecular complexity index is 775. The minimum Gasteiger partial charge on any atom is -0.353 e. The Kier molecular flexibility index (Phi) is 5.38. The lowest BCUT2D eigenvalue weighted by molar-refractivity contribution is -0.121. The summed E-state index contributed by atoms with van der Waals surface area (Å²) in [4.78, 5) is 16.4. The lowest BCUT2D eigenvalue weighted by atomic mass is 10.1. The molecule has 1 aromatic carbocycles. The quantitative estimate of drug-likeness (QED) is 0.812. The van der Waals surface area contributed by atoms with Gasteiger partial charge in [-0.3, -0.25) is 9.79 Å². The van der Waals surface area contributed by atoms with Gasteiger partial charge >= 0.3 is 0 Å². The Hall–Kier alpha value is -1.54. The number of aliphatic imine (C=N–C) groups is 1. The molecule has 2 unspecified atom stereocenters. The normalized spacial score (nSPS) is 25.1. The van der Waals surface area contributed by atoms with Crippen molar-refractivity contribution in [2.45, 2.75) is 44.0 Å². The zero-order valence-corrected chi connectivity index (χ0v) is 16.0. The van der Waals surface area contributed by atoms with Crippen molar-refractivity contribution in [2.75, 3.05) is 16.8 Å². The number of amidine groups is 1. The number of sulfone groups is 1. The molecule has 1 saturated heterocycles. The second kappa shape index (κ2) is 7.37. The zero-order chi connectivity index (χ0) is 18.0. The predicted molar refractivity (Wildman–Crippen MR) is 103 cm³/mol. The van der Waals surface area contributed by atoms with Crippen molar-refractivity contribution in [3.05, 3.63) is 29.8 Å². The number of carbonyl (C=O) groups excluding carboxylic acids is 1. The minimum atomic E-state index is -2.92. The largest absolute Gasteiger partial charge is 0.353 e. The molecule has 2 aliphatic rings. The first-order valence-corrected chi connectivity index (χ1v) is 11.1. The van der Waals surface area contributed by atoms with E-state index in [1.165, 1.54) is 11.8 Å². The molecule has 3 rings (SSSR count). The summed E-state index contributed by atoms with van der Waals surface area (Å²) in [7, 11) is -2.92. The maximum Gasteiger partial charge on any atom is 0.224 e. The number of thioether (sulfide) groups is 1. The van der Waals surface area contributed by atoms with Gasteiger partial charge in [-0.25, -0.2) is 8.42 Å². The fourth-order valence-electron chi connectivity index (χ4n) is 2.86. The van der Waals surface area contributed by atoms with Gasteiger partial charge in [-0.05, 0) is 31.0 Å². The summed E-state index contributed by atoms with van der Waals surface area (Å²) >= 11 is 1.50. The Labute approximate surface area is 152 Å². The average Bonchev–Trinajstić information content (AvgIpc) is 3.01. The van der Waals surface area contributed by atoms with Crippen molar-refractivity contribution in [1.29, 1.82) is 0 Å². The van der Waals surface area contributed by atoms with Crippen LogP contribution in [0.3, 0.4) is 0 Å². The number of hydrogen-bond acceptors (Lipinski definition) is 6. The molecule has 0 aromatic heterocycles. The van der Waals surface area contributed by atoms with Crippen LogP contribution in [0.4, 0.5) is 5.69 Å². The number of carbonyl (C=O) groups is 1. The van der Waals surface area contributed by atoms with Crippen molar-refractivity contribution in [2.24, 2.45) is 4.99 Å². The molecule has 0 bridgehead atoms. The van der Waals surface area contributed by atoms with Crippen molar-refractivity contribution in [3.8, 4) is 0 Å². The summed E-state index contributed by atoms with van der Waals surface area (Å²) < 4.78 is 23.2. The lowest BCUT2D eigenvalue weighted by Crippen LogP contribution is -2.33. The molecule has 1 amide bonds. The van der Waals surface area contributed by atoms with E-state index in [-0.39, 0.29) is 34.7 Å². The molecule has 1 fully saturated rings. The fraction of sp³-hybridized carbons (Fsp3) is 0.529. The highest BCUT2D eigenvalue weighted by Gasteiger charge is 2.42. The second-order valence-corrected chi connectivity index (χ2v) is 9.99. The van der Waals surface area contributed by atoms with Crippen LogP contribution in [0.5, 0.6) is 0 Å². The number of anilines is 1. The van der Waals surface area contributed by atoms with Crippen LogP contribution in [0.2, 0.25) is 0 Å². The third-order valence-corrected chi connectivity index (χ3v) is 7.55. The second-order valence-electron chi connectivity index (χ2n) is 6.61. The van der Waals surface area contributed by atoms with Crippen LogP contribution in [0, 0.1) is 0 Å². The van der Waals surface area contributed by atoms with Crippen LogP contribution in [-0.2, 0) is 21.1 Å². The van der Waals surface area contributed by atoms with Crippen molar-refractivity contribution in [3.63, 3.8) is 0 Å². The van der Waals surface area contributed by atoms with Crippen LogP contribution < -0.4 is 10.6 Å². The molecule has 25 heavy (non-hydrogen) atoms. The molecular formula is C17H23N3O3S2. The van der Waals surface area contributed by atoms with Crippen LogP contribution in [-0.4, -0.2) is 48.3 Å². The van der Waals surface area contributed by atoms with E-state index in [1.54, 1.807) is 0 Å². The van der Waals surface area contributed by atoms with Crippen LogP contribution >= 0.6 is 11.8 Å². The standard InChI is InChI=1S/C17H23N3O3S2/c1-3-11(2)18-16(21)8-12-4-6-13(7-5-12)19-17-20-14-9-25(22,23)10-15(14)24-17/h4-7,11,14-15H,3,8-10H2,1-2H3,(H,18,21)(H,19,20)/t11-,14?,15?/m0/s1. The van der Waals surface area contributed by atoms with Gasteiger partial charge in [0, 0.05) is 17.0 Å². The van der Waals surface area contributed by atoms with E-state index < -0.39 is 9.84 Å². The Morgan fingerprint density at radius 3 is 2.68 bits per heavy atom. The van der Waals surface area contributed by atoms with E-state index in [4.69, 9.17) is 0 Å². The van der Waals surface area contributed by atoms with Crippen molar-refractivity contribution in [1.82, 2.24) is 5.32 Å². The molecule has 0 radical (unpaired) electrons. The van der Waals surface area contributed by atoms with E-state index in [9.17, 15) is 13.2 Å². The number of benzene rings is 1. The lowest BCUT2D eigenvalue weighted by Gasteiger charge is -2.11. The molecule has 2 heterocycles. The molecule has 2 N–H and O–H groups in total. The molecule has 0 saturated carbocycles. The van der Waals surface area contributed by atoms with Crippen LogP contribution in [0.25, 0.3) is 0 Å². The van der Waals surface area contributed by atoms with E-state index in [1.807, 2.05) is 38.1 Å². The summed E-state index contributed by atoms with van der Waals surface area (Å²) in [6.45, 7) is 4.03. The van der Waals surface area contributed by atoms with Crippen LogP contribution in [0.15, 0.2) is 29.3 Å². The summed E-state index contributed by atoms with van der Waals surface area (Å²) in [5, 5.41) is 7.00. The number of amides is 1. The number of nitrogens with zero attached hydrogens (tertiary/aromatic N) is 1. The third-order valence-electron chi connectivity index (χ3n) is 4.41. The number of rotatable bonds is 5. The van der Waals surface area contributed by atoms with Crippen molar-refractivity contribution >= 4 is 38.4 Å². The summed E-state index contributed by atoms with van der Waals surface area (Å²) in [6, 6.07) is 7.74. The Morgan fingerprint density at radius 1 is 1.32 bits per heavy atom. The van der Waals surface area contributed by atoms with E-state index in [2.05, 4.69) is 15.6 Å². The smallest absolute Gasteiger partial charge is 0.224 e. The van der Waals surface area contributed by atoms with Gasteiger partial charge in [0.15, 0.2) is 15.0 Å². The number of nitrogens with one attached hydrogen (secondary N) is 2. The number of fused-ring (bicyclic) bond motifs is 1. The molecular weight excluding hydrogens is 358 g/mol. The molecule has 3 atom stereocenters. The van der Waals surface area contributed by atoms with Gasteiger partial charge in [0.05, 0.1) is 24.0 Å². The van der Waals surface area contributed by atoms with E-state index in [0.717, 1.165) is 22.8 Å². The SMILES string of the molecule is CC[C@H](C)NC(=O)Cc1ccc(NC2=NC3CS(=O)(=O)CC3S2)cc1. The first-order valence-electron chi connectivity index (χ1n) is 8.45. The summed E-state index contributed by atoms with van der Waals surface area (Å²) in [5.74, 6) is 0.390. The highest BCUT2D eigenvalue weighted by atomic mass is 32.2. The summed E-state index contributed by atoms with van der Waals surface area (Å²) in [5.41, 5.74) is 1.84. The van der Waals surface area contributed by atoms with Crippen LogP contribution in [0.1, 0.15) is 25.8 Å². The predicted octanol–water partition coefficient (Wildman–Crippen LogP) is 1.82. The van der Waals surface area contributed by atoms with Gasteiger partial charge in [-0.1, -0.05) is 30.8 Å². The van der Waals surface area contributed by atoms with Gasteiger partial charge in [-0.15, -0.1) is 0 Å². The molecule has 136 valence electrons. The fourth-order valence-corrected chi connectivity index (χ4v) is 6.53. The van der Waals surface area contributed by atoms with E-state index >= 15 is 0 Å². The molecule has 1 aromatic rings. The molecule has 6 nitrogen and oxygen atoms in total. The highest BCUT2D eigenvalue weighted by molar-refractivity contribution is 8.15. The van der Waals surface area contributed by atoms with Gasteiger partial charge in [0.25, 0.3) is 0 Å². The highest BCUT2D eigenvalue weighted by Crippen LogP contribution is 2.34. The first kappa shape index (κ1) is 18.3. The average molecular weight is 382 g/mol. The minimum absolute atomic E-state index is 0.0276. The topological polar surface area (TPSA) is 87.6 Å². The first-order chi connectivity index (χ1) is 11.8. The maximum atomic E-state index is 11.9. The van der Waals surface area contributed by atoms with Crippen molar-refractivity contribution < 1.29 is 13.2 Å². The summed E-state index contributed by atoms with van der Waals surface area (Å²) in [6.07, 6.45) is 1.28. The van der Waals surface area contributed by atoms with Gasteiger partial charge < -0.3 is 10.6 Å². The molecule has 2 aliphatic heterocycles. The third kappa shape index (κ3) is 4.76. The Morgan fingerprint density at radius 2 is 2.04 bits per heavy atom. The monoisotopic (exact) mass is 381 g/mol. The van der Waals surface area contributed by atoms with Gasteiger partial charge in [-0.2, -0.15) is 0 Å². The van der Waals surface area contributed by atoms with E-state index in [0.29, 0.717) is 6.42 Å². The number of hydrogen-bond donors (Lipinski definition) is 2. The van der Waals surface area contributed by atoms with Gasteiger partial charge in [0.1, 0.15) is 0 Å². The molecule has 0 aliphatic carbocycles. The molecule has 8 heteroatoms. The molecule has 0 spiro atoms. The zero-order valence-electron chi connectivity index (χ0n) is 14.4. The maximum absolute atomic E-state index is 11.9. The van der Waals surface area contributed by atoms with Gasteiger partial charge in [0.2, 0.25) is 5.91 Å².